The van der Waals surface area contributed by atoms with E-state index >= 15 is 0 Å². The van der Waals surface area contributed by atoms with Crippen molar-refractivity contribution < 1.29 is 24.5 Å². The molecular weight excluding hydrogens is 779 g/mol. The molecule has 0 rings (SSSR count). The summed E-state index contributed by atoms with van der Waals surface area (Å²) in [5.74, 6) is -0.132. The van der Waals surface area contributed by atoms with Gasteiger partial charge in [-0.25, -0.2) is 0 Å². The van der Waals surface area contributed by atoms with Crippen molar-refractivity contribution in [3.63, 3.8) is 0 Å². The smallest absolute Gasteiger partial charge is 0.305 e. The predicted octanol–water partition coefficient (Wildman–Crippen LogP) is 17.1. The first kappa shape index (κ1) is 61.3. The highest BCUT2D eigenvalue weighted by molar-refractivity contribution is 5.76. The van der Waals surface area contributed by atoms with Crippen molar-refractivity contribution >= 4 is 11.9 Å². The van der Waals surface area contributed by atoms with Crippen LogP contribution in [0.2, 0.25) is 0 Å². The van der Waals surface area contributed by atoms with Gasteiger partial charge in [0.2, 0.25) is 5.91 Å². The largest absolute Gasteiger partial charge is 0.466 e. The molecular formula is C57H109NO5. The summed E-state index contributed by atoms with van der Waals surface area (Å²) in [5.41, 5.74) is 0. The molecule has 6 nitrogen and oxygen atoms in total. The number of amides is 1. The zero-order valence-electron chi connectivity index (χ0n) is 42.3. The molecule has 2 atom stereocenters. The summed E-state index contributed by atoms with van der Waals surface area (Å²) < 4.78 is 5.45. The van der Waals surface area contributed by atoms with Crippen molar-refractivity contribution in [2.45, 2.75) is 315 Å². The second-order valence-electron chi connectivity index (χ2n) is 19.3. The average Bonchev–Trinajstić information content (AvgIpc) is 3.28. The van der Waals surface area contributed by atoms with Crippen molar-refractivity contribution in [3.05, 3.63) is 24.3 Å². The highest BCUT2D eigenvalue weighted by Crippen LogP contribution is 2.17. The minimum absolute atomic E-state index is 0.0383. The fourth-order valence-corrected chi connectivity index (χ4v) is 8.64. The van der Waals surface area contributed by atoms with Crippen LogP contribution in [0.25, 0.3) is 0 Å². The van der Waals surface area contributed by atoms with Crippen LogP contribution in [-0.4, -0.2) is 47.4 Å². The molecule has 0 saturated heterocycles. The van der Waals surface area contributed by atoms with Gasteiger partial charge in [-0.2, -0.15) is 0 Å². The number of aliphatic hydroxyl groups excluding tert-OH is 2. The lowest BCUT2D eigenvalue weighted by Gasteiger charge is -2.22. The number of unbranched alkanes of at least 4 members (excludes halogenated alkanes) is 37. The van der Waals surface area contributed by atoms with E-state index in [-0.39, 0.29) is 18.5 Å². The Kier molecular flexibility index (Phi) is 51.6. The Morgan fingerprint density at radius 2 is 0.762 bits per heavy atom. The zero-order valence-corrected chi connectivity index (χ0v) is 42.3. The van der Waals surface area contributed by atoms with Gasteiger partial charge in [0.25, 0.3) is 0 Å². The Balaban J connectivity index is 3.52. The standard InChI is InChI=1S/C57H109NO5/c1-3-5-7-9-11-13-15-17-19-21-22-23-25-26-28-30-33-37-41-45-49-55(60)54(53-59)58-56(61)50-46-42-38-34-32-36-40-44-48-52-63-57(62)51-47-43-39-35-31-29-27-24-20-18-16-14-12-10-8-6-4-2/h18,20,34,38,54-55,59-60H,3-17,19,21-33,35-37,39-53H2,1-2H3,(H,58,61)/b20-18-,38-34-. The second-order valence-corrected chi connectivity index (χ2v) is 19.3. The van der Waals surface area contributed by atoms with Gasteiger partial charge in [0.05, 0.1) is 25.4 Å². The first-order valence-electron chi connectivity index (χ1n) is 28.1. The molecule has 6 heteroatoms. The molecule has 1 amide bonds. The number of allylic oxidation sites excluding steroid dienone is 4. The van der Waals surface area contributed by atoms with Gasteiger partial charge >= 0.3 is 5.97 Å². The fraction of sp³-hybridized carbons (Fsp3) is 0.895. The molecule has 0 heterocycles. The minimum Gasteiger partial charge on any atom is -0.466 e. The van der Waals surface area contributed by atoms with Gasteiger partial charge in [0.15, 0.2) is 0 Å². The molecule has 0 bridgehead atoms. The monoisotopic (exact) mass is 888 g/mol. The van der Waals surface area contributed by atoms with Gasteiger partial charge in [-0.1, -0.05) is 244 Å². The van der Waals surface area contributed by atoms with Crippen molar-refractivity contribution in [1.82, 2.24) is 5.32 Å². The van der Waals surface area contributed by atoms with Crippen molar-refractivity contribution in [1.29, 1.82) is 0 Å². The lowest BCUT2D eigenvalue weighted by molar-refractivity contribution is -0.143. The van der Waals surface area contributed by atoms with Gasteiger partial charge in [-0.3, -0.25) is 9.59 Å². The molecule has 372 valence electrons. The van der Waals surface area contributed by atoms with Crippen LogP contribution in [0.4, 0.5) is 0 Å². The fourth-order valence-electron chi connectivity index (χ4n) is 8.64. The summed E-state index contributed by atoms with van der Waals surface area (Å²) in [6.07, 6.45) is 63.1. The Bertz CT molecular complexity index is 982. The third kappa shape index (κ3) is 49.6. The van der Waals surface area contributed by atoms with Crippen LogP contribution in [0, 0.1) is 0 Å². The van der Waals surface area contributed by atoms with E-state index in [1.807, 2.05) is 0 Å². The topological polar surface area (TPSA) is 95.9 Å². The second kappa shape index (κ2) is 53.0. The van der Waals surface area contributed by atoms with E-state index in [2.05, 4.69) is 43.5 Å². The quantitative estimate of drug-likeness (QED) is 0.0321. The van der Waals surface area contributed by atoms with E-state index in [0.29, 0.717) is 25.9 Å². The van der Waals surface area contributed by atoms with Gasteiger partial charge in [0.1, 0.15) is 0 Å². The van der Waals surface area contributed by atoms with E-state index in [1.54, 1.807) is 0 Å². The number of esters is 1. The summed E-state index contributed by atoms with van der Waals surface area (Å²) in [4.78, 5) is 24.5. The number of carbonyl (C=O) groups excluding carboxylic acids is 2. The van der Waals surface area contributed by atoms with E-state index in [9.17, 15) is 19.8 Å². The highest BCUT2D eigenvalue weighted by Gasteiger charge is 2.20. The summed E-state index contributed by atoms with van der Waals surface area (Å²) in [7, 11) is 0. The Morgan fingerprint density at radius 3 is 1.16 bits per heavy atom. The number of nitrogens with one attached hydrogen (secondary N) is 1. The number of ether oxygens (including phenoxy) is 1. The van der Waals surface area contributed by atoms with E-state index < -0.39 is 12.1 Å². The van der Waals surface area contributed by atoms with E-state index in [4.69, 9.17) is 4.74 Å². The average molecular weight is 889 g/mol. The Labute approximate surface area is 392 Å². The maximum atomic E-state index is 12.5. The van der Waals surface area contributed by atoms with Crippen LogP contribution >= 0.6 is 0 Å². The molecule has 0 aliphatic heterocycles. The minimum atomic E-state index is -0.696. The number of hydrogen-bond donors (Lipinski definition) is 3. The molecule has 3 N–H and O–H groups in total. The summed E-state index contributed by atoms with van der Waals surface area (Å²) >= 11 is 0. The molecule has 2 unspecified atom stereocenters. The molecule has 63 heavy (non-hydrogen) atoms. The van der Waals surface area contributed by atoms with Crippen LogP contribution in [0.3, 0.4) is 0 Å². The zero-order chi connectivity index (χ0) is 45.8. The van der Waals surface area contributed by atoms with Crippen molar-refractivity contribution in [3.8, 4) is 0 Å². The molecule has 0 aromatic carbocycles. The van der Waals surface area contributed by atoms with E-state index in [0.717, 1.165) is 70.6 Å². The van der Waals surface area contributed by atoms with Crippen LogP contribution in [0.15, 0.2) is 24.3 Å². The van der Waals surface area contributed by atoms with Crippen LogP contribution in [0.1, 0.15) is 303 Å². The molecule has 0 fully saturated rings. The van der Waals surface area contributed by atoms with Gasteiger partial charge in [-0.05, 0) is 70.6 Å². The lowest BCUT2D eigenvalue weighted by Crippen LogP contribution is -2.45. The van der Waals surface area contributed by atoms with E-state index in [1.165, 1.54) is 199 Å². The summed E-state index contributed by atoms with van der Waals surface area (Å²) in [6, 6.07) is -0.580. The first-order chi connectivity index (χ1) is 31.0. The molecule has 0 aromatic rings. The first-order valence-corrected chi connectivity index (χ1v) is 28.1. The number of carbonyl (C=O) groups is 2. The molecule has 0 aliphatic rings. The SMILES string of the molecule is CCCCCCCC/C=C\CCCCCCCCCC(=O)OCCCCCC/C=C\CCCC(=O)NC(CO)C(O)CCCCCCCCCCCCCCCCCCCCCC. The molecule has 0 radical (unpaired) electrons. The maximum absolute atomic E-state index is 12.5. The number of aliphatic hydroxyl groups is 2. The van der Waals surface area contributed by atoms with Crippen molar-refractivity contribution in [2.75, 3.05) is 13.2 Å². The number of hydrogen-bond acceptors (Lipinski definition) is 5. The van der Waals surface area contributed by atoms with Gasteiger partial charge in [0, 0.05) is 12.8 Å². The third-order valence-electron chi connectivity index (χ3n) is 13.0. The molecule has 0 aliphatic carbocycles. The van der Waals surface area contributed by atoms with Crippen LogP contribution < -0.4 is 5.32 Å². The van der Waals surface area contributed by atoms with Gasteiger partial charge in [-0.15, -0.1) is 0 Å². The third-order valence-corrected chi connectivity index (χ3v) is 13.0. The maximum Gasteiger partial charge on any atom is 0.305 e. The number of rotatable bonds is 52. The molecule has 0 aromatic heterocycles. The highest BCUT2D eigenvalue weighted by atomic mass is 16.5. The summed E-state index contributed by atoms with van der Waals surface area (Å²) in [6.45, 7) is 4.87. The van der Waals surface area contributed by atoms with Crippen LogP contribution in [0.5, 0.6) is 0 Å². The Morgan fingerprint density at radius 1 is 0.429 bits per heavy atom. The lowest BCUT2D eigenvalue weighted by atomic mass is 10.0. The summed E-state index contributed by atoms with van der Waals surface area (Å²) in [5, 5.41) is 23.3. The van der Waals surface area contributed by atoms with Gasteiger partial charge < -0.3 is 20.3 Å². The Hall–Kier alpha value is -1.66. The molecule has 0 saturated carbocycles. The molecule has 0 spiro atoms. The normalized spacial score (nSPS) is 12.8. The van der Waals surface area contributed by atoms with Crippen molar-refractivity contribution in [2.24, 2.45) is 0 Å². The van der Waals surface area contributed by atoms with Crippen LogP contribution in [-0.2, 0) is 14.3 Å². The predicted molar refractivity (Wildman–Crippen MR) is 273 cm³/mol.